The maximum Gasteiger partial charge on any atom is 0.163 e. The van der Waals surface area contributed by atoms with Crippen LogP contribution in [0.5, 0.6) is 0 Å². The number of fused-ring (bicyclic) bond motifs is 1. The molecular formula is C22H20ClNO. The minimum Gasteiger partial charge on any atom is -0.331 e. The van der Waals surface area contributed by atoms with Crippen molar-refractivity contribution in [3.63, 3.8) is 0 Å². The molecule has 126 valence electrons. The molecule has 0 N–H and O–H groups in total. The number of ketones is 1. The smallest absolute Gasteiger partial charge is 0.163 e. The molecule has 0 unspecified atom stereocenters. The number of carbonyl (C=O) groups excluding carboxylic acids is 1. The van der Waals surface area contributed by atoms with Gasteiger partial charge in [-0.2, -0.15) is 0 Å². The normalized spacial score (nSPS) is 10.5. The molecule has 1 aromatic heterocycles. The van der Waals surface area contributed by atoms with Gasteiger partial charge in [0, 0.05) is 29.4 Å². The van der Waals surface area contributed by atoms with Gasteiger partial charge in [-0.25, -0.2) is 0 Å². The summed E-state index contributed by atoms with van der Waals surface area (Å²) in [5.74, 6) is 6.40. The zero-order chi connectivity index (χ0) is 17.8. The number of benzene rings is 2. The molecule has 3 heteroatoms. The summed E-state index contributed by atoms with van der Waals surface area (Å²) in [5.41, 5.74) is 3.89. The Morgan fingerprint density at radius 2 is 1.84 bits per heavy atom. The fourth-order valence-electron chi connectivity index (χ4n) is 2.95. The highest BCUT2D eigenvalue weighted by Crippen LogP contribution is 2.30. The quantitative estimate of drug-likeness (QED) is 0.339. The summed E-state index contributed by atoms with van der Waals surface area (Å²) in [5, 5.41) is 1.45. The van der Waals surface area contributed by atoms with E-state index in [0.717, 1.165) is 35.9 Å². The number of para-hydroxylation sites is 1. The first-order valence-electron chi connectivity index (χ1n) is 8.41. The second-order valence-corrected chi connectivity index (χ2v) is 6.52. The van der Waals surface area contributed by atoms with Gasteiger partial charge in [-0.3, -0.25) is 4.79 Å². The van der Waals surface area contributed by atoms with Crippen LogP contribution in [0.15, 0.2) is 48.5 Å². The largest absolute Gasteiger partial charge is 0.331 e. The van der Waals surface area contributed by atoms with E-state index in [9.17, 15) is 4.79 Å². The van der Waals surface area contributed by atoms with Crippen molar-refractivity contribution in [2.75, 3.05) is 0 Å². The first-order valence-corrected chi connectivity index (χ1v) is 8.79. The van der Waals surface area contributed by atoms with Gasteiger partial charge >= 0.3 is 0 Å². The molecule has 3 aromatic rings. The van der Waals surface area contributed by atoms with Crippen LogP contribution in [0, 0.1) is 18.8 Å². The molecule has 0 bridgehead atoms. The molecule has 2 aromatic carbocycles. The maximum atomic E-state index is 11.9. The molecule has 0 saturated carbocycles. The lowest BCUT2D eigenvalue weighted by Crippen LogP contribution is -1.99. The number of aryl methyl sites for hydroxylation is 2. The Morgan fingerprint density at radius 1 is 1.12 bits per heavy atom. The van der Waals surface area contributed by atoms with Crippen LogP contribution >= 0.6 is 11.6 Å². The average Bonchev–Trinajstić information content (AvgIpc) is 2.88. The van der Waals surface area contributed by atoms with Crippen LogP contribution in [-0.2, 0) is 6.54 Å². The highest BCUT2D eigenvalue weighted by Gasteiger charge is 2.17. The van der Waals surface area contributed by atoms with Crippen LogP contribution in [0.25, 0.3) is 10.9 Å². The van der Waals surface area contributed by atoms with Gasteiger partial charge < -0.3 is 4.57 Å². The zero-order valence-electron chi connectivity index (χ0n) is 14.5. The van der Waals surface area contributed by atoms with Crippen molar-refractivity contribution in [3.8, 4) is 11.8 Å². The molecule has 0 aliphatic rings. The van der Waals surface area contributed by atoms with Crippen molar-refractivity contribution >= 4 is 28.3 Å². The fourth-order valence-corrected chi connectivity index (χ4v) is 3.36. The number of carbonyl (C=O) groups is 1. The summed E-state index contributed by atoms with van der Waals surface area (Å²) < 4.78 is 2.02. The van der Waals surface area contributed by atoms with E-state index in [0.29, 0.717) is 10.7 Å². The molecule has 0 atom stereocenters. The second-order valence-electron chi connectivity index (χ2n) is 6.16. The van der Waals surface area contributed by atoms with Crippen LogP contribution in [-0.4, -0.2) is 10.4 Å². The van der Waals surface area contributed by atoms with Crippen molar-refractivity contribution < 1.29 is 4.79 Å². The van der Waals surface area contributed by atoms with Crippen LogP contribution in [0.4, 0.5) is 0 Å². The van der Waals surface area contributed by atoms with Crippen molar-refractivity contribution in [1.29, 1.82) is 0 Å². The van der Waals surface area contributed by atoms with E-state index >= 15 is 0 Å². The van der Waals surface area contributed by atoms with E-state index in [1.165, 1.54) is 5.56 Å². The molecule has 0 amide bonds. The SMILES string of the molecule is CC(=O)c1c(Cl)n(CCCC#Cc2ccc(C)cc2)c2ccccc12. The lowest BCUT2D eigenvalue weighted by Gasteiger charge is -2.05. The molecule has 0 fully saturated rings. The first-order chi connectivity index (χ1) is 12.1. The molecule has 0 aliphatic heterocycles. The van der Waals surface area contributed by atoms with Crippen molar-refractivity contribution in [1.82, 2.24) is 4.57 Å². The highest BCUT2D eigenvalue weighted by molar-refractivity contribution is 6.35. The maximum absolute atomic E-state index is 11.9. The predicted octanol–water partition coefficient (Wildman–Crippen LogP) is 5.64. The summed E-state index contributed by atoms with van der Waals surface area (Å²) in [4.78, 5) is 11.9. The van der Waals surface area contributed by atoms with Crippen LogP contribution in [0.2, 0.25) is 5.15 Å². The number of rotatable bonds is 4. The van der Waals surface area contributed by atoms with Crippen molar-refractivity contribution in [2.45, 2.75) is 33.2 Å². The Hall–Kier alpha value is -2.50. The lowest BCUT2D eigenvalue weighted by atomic mass is 10.1. The third kappa shape index (κ3) is 3.78. The van der Waals surface area contributed by atoms with E-state index in [1.807, 2.05) is 41.0 Å². The molecule has 3 rings (SSSR count). The van der Waals surface area contributed by atoms with Gasteiger partial charge in [-0.15, -0.1) is 0 Å². The summed E-state index contributed by atoms with van der Waals surface area (Å²) in [7, 11) is 0. The third-order valence-electron chi connectivity index (χ3n) is 4.23. The number of Topliss-reactive ketones (excluding diaryl/α,β-unsaturated/α-hetero) is 1. The van der Waals surface area contributed by atoms with Crippen molar-refractivity contribution in [2.24, 2.45) is 0 Å². The lowest BCUT2D eigenvalue weighted by molar-refractivity contribution is 0.101. The van der Waals surface area contributed by atoms with Gasteiger partial charge in [0.1, 0.15) is 5.15 Å². The number of hydrogen-bond donors (Lipinski definition) is 0. The van der Waals surface area contributed by atoms with Crippen molar-refractivity contribution in [3.05, 3.63) is 70.4 Å². The predicted molar refractivity (Wildman–Crippen MR) is 104 cm³/mol. The Balaban J connectivity index is 1.73. The van der Waals surface area contributed by atoms with Gasteiger partial charge in [0.25, 0.3) is 0 Å². The molecule has 0 aliphatic carbocycles. The summed E-state index contributed by atoms with van der Waals surface area (Å²) in [6.07, 6.45) is 1.67. The minimum absolute atomic E-state index is 0.000822. The number of nitrogens with zero attached hydrogens (tertiary/aromatic N) is 1. The van der Waals surface area contributed by atoms with Gasteiger partial charge in [-0.05, 0) is 38.5 Å². The van der Waals surface area contributed by atoms with E-state index in [-0.39, 0.29) is 5.78 Å². The highest BCUT2D eigenvalue weighted by atomic mass is 35.5. The van der Waals surface area contributed by atoms with Crippen LogP contribution in [0.3, 0.4) is 0 Å². The zero-order valence-corrected chi connectivity index (χ0v) is 15.2. The molecule has 25 heavy (non-hydrogen) atoms. The Kier molecular flexibility index (Phi) is 5.26. The minimum atomic E-state index is -0.000822. The number of halogens is 1. The third-order valence-corrected chi connectivity index (χ3v) is 4.62. The summed E-state index contributed by atoms with van der Waals surface area (Å²) >= 11 is 6.48. The van der Waals surface area contributed by atoms with Gasteiger partial charge in [-0.1, -0.05) is 59.3 Å². The van der Waals surface area contributed by atoms with E-state index in [2.05, 4.69) is 30.9 Å². The van der Waals surface area contributed by atoms with Gasteiger partial charge in [0.2, 0.25) is 0 Å². The number of unbranched alkanes of at least 4 members (excludes halogenated alkanes) is 1. The monoisotopic (exact) mass is 349 g/mol. The first kappa shape index (κ1) is 17.3. The van der Waals surface area contributed by atoms with Crippen LogP contribution < -0.4 is 0 Å². The number of aromatic nitrogens is 1. The molecule has 2 nitrogen and oxygen atoms in total. The average molecular weight is 350 g/mol. The topological polar surface area (TPSA) is 22.0 Å². The molecule has 0 saturated heterocycles. The Labute approximate surface area is 153 Å². The molecular weight excluding hydrogens is 330 g/mol. The van der Waals surface area contributed by atoms with E-state index < -0.39 is 0 Å². The molecule has 0 radical (unpaired) electrons. The second kappa shape index (κ2) is 7.59. The Bertz CT molecular complexity index is 971. The van der Waals surface area contributed by atoms with E-state index in [1.54, 1.807) is 6.92 Å². The Morgan fingerprint density at radius 3 is 2.56 bits per heavy atom. The summed E-state index contributed by atoms with van der Waals surface area (Å²) in [6.45, 7) is 4.37. The molecule has 1 heterocycles. The van der Waals surface area contributed by atoms with Gasteiger partial charge in [0.15, 0.2) is 5.78 Å². The van der Waals surface area contributed by atoms with Gasteiger partial charge in [0.05, 0.1) is 5.56 Å². The summed E-state index contributed by atoms with van der Waals surface area (Å²) in [6, 6.07) is 16.1. The van der Waals surface area contributed by atoms with E-state index in [4.69, 9.17) is 11.6 Å². The number of hydrogen-bond acceptors (Lipinski definition) is 1. The van der Waals surface area contributed by atoms with Crippen LogP contribution in [0.1, 0.15) is 41.3 Å². The standard InChI is InChI=1S/C22H20ClNO/c1-16-11-13-18(14-12-16)8-4-3-7-15-24-20-10-6-5-9-19(20)21(17(2)25)22(24)23/h5-6,9-14H,3,7,15H2,1-2H3. The molecule has 0 spiro atoms. The fraction of sp³-hybridized carbons (Fsp3) is 0.227.